The van der Waals surface area contributed by atoms with E-state index in [0.717, 1.165) is 120 Å². The van der Waals surface area contributed by atoms with Crippen molar-refractivity contribution in [1.29, 1.82) is 0 Å². The van der Waals surface area contributed by atoms with Crippen molar-refractivity contribution in [3.05, 3.63) is 0 Å². The maximum absolute atomic E-state index is 13.1. The Kier molecular flexibility index (Phi) is 65.2. The smallest absolute Gasteiger partial charge is 0.462 e. The first-order valence-electron chi connectivity index (χ1n) is 39.4. The molecule has 95 heavy (non-hydrogen) atoms. The lowest BCUT2D eigenvalue weighted by molar-refractivity contribution is -0.161. The Balaban J connectivity index is 5.15. The molecule has 0 radical (unpaired) electrons. The summed E-state index contributed by atoms with van der Waals surface area (Å²) < 4.78 is 68.4. The molecule has 17 nitrogen and oxygen atoms in total. The van der Waals surface area contributed by atoms with Crippen LogP contribution in [0.25, 0.3) is 0 Å². The summed E-state index contributed by atoms with van der Waals surface area (Å²) in [5.41, 5.74) is 0. The van der Waals surface area contributed by atoms with Crippen molar-refractivity contribution < 1.29 is 80.2 Å². The van der Waals surface area contributed by atoms with E-state index >= 15 is 0 Å². The fourth-order valence-corrected chi connectivity index (χ4v) is 13.1. The minimum Gasteiger partial charge on any atom is -0.462 e. The van der Waals surface area contributed by atoms with E-state index in [4.69, 9.17) is 37.0 Å². The van der Waals surface area contributed by atoms with Gasteiger partial charge in [-0.2, -0.15) is 0 Å². The van der Waals surface area contributed by atoms with Crippen molar-refractivity contribution in [2.75, 3.05) is 39.6 Å². The van der Waals surface area contributed by atoms with Gasteiger partial charge in [0.05, 0.1) is 26.4 Å². The predicted molar refractivity (Wildman–Crippen MR) is 386 cm³/mol. The average molecular weight is 1400 g/mol. The number of carbonyl (C=O) groups is 4. The van der Waals surface area contributed by atoms with E-state index < -0.39 is 97.5 Å². The Hall–Kier alpha value is -1.94. The molecular formula is C76H148O17P2. The van der Waals surface area contributed by atoms with Crippen molar-refractivity contribution in [2.24, 2.45) is 17.8 Å². The minimum absolute atomic E-state index is 0.105. The number of esters is 4. The summed E-state index contributed by atoms with van der Waals surface area (Å²) in [6.07, 6.45) is 52.9. The number of carbonyl (C=O) groups excluding carboxylic acids is 4. The van der Waals surface area contributed by atoms with E-state index in [9.17, 15) is 43.2 Å². The van der Waals surface area contributed by atoms with Gasteiger partial charge >= 0.3 is 39.5 Å². The molecular weight excluding hydrogens is 1250 g/mol. The number of aliphatic hydroxyl groups excluding tert-OH is 1. The van der Waals surface area contributed by atoms with E-state index in [1.807, 2.05) is 0 Å². The van der Waals surface area contributed by atoms with Gasteiger partial charge in [-0.25, -0.2) is 9.13 Å². The van der Waals surface area contributed by atoms with Gasteiger partial charge < -0.3 is 33.8 Å². The standard InChI is InChI=1S/C76H148O17P2/c1-8-10-11-12-33-43-50-57-73(78)86-63-71(92-76(81)60-53-46-39-32-26-24-28-35-41-48-55-68(5)6)65-90-94(82,83)88-61-70(77)62-89-95(84,85)91-66-72(64-87-74(79)58-51-44-37-30-25-23-27-34-40-47-54-67(3)4)93-75(80)59-52-45-38-31-22-20-18-16-14-13-15-17-19-21-29-36-42-49-56-69(7)9-2/h67-72,77H,8-66H2,1-7H3,(H,82,83)(H,84,85)/t69?,70-,71+,72+/m0/s1. The Bertz CT molecular complexity index is 1850. The predicted octanol–water partition coefficient (Wildman–Crippen LogP) is 22.2. The SMILES string of the molecule is CCCCCCCCCC(=O)OC[C@H](COP(=O)(O)OC[C@H](O)COP(=O)(O)OC[C@@H](COC(=O)CCCCCCCCCCCCC(C)C)OC(=O)CCCCCCCCCCCCCCCCCCCCC(C)CC)OC(=O)CCCCCCCCCCCCC(C)C. The van der Waals surface area contributed by atoms with E-state index in [0.29, 0.717) is 25.7 Å². The molecule has 0 aromatic heterocycles. The Morgan fingerprint density at radius 3 is 0.800 bits per heavy atom. The number of ether oxygens (including phenoxy) is 4. The van der Waals surface area contributed by atoms with Gasteiger partial charge in [-0.15, -0.1) is 0 Å². The maximum Gasteiger partial charge on any atom is 0.472 e. The molecule has 0 bridgehead atoms. The second-order valence-electron chi connectivity index (χ2n) is 28.6. The third kappa shape index (κ3) is 69.0. The molecule has 0 heterocycles. The molecule has 0 fully saturated rings. The highest BCUT2D eigenvalue weighted by Crippen LogP contribution is 2.45. The third-order valence-corrected chi connectivity index (χ3v) is 19.9. The number of hydrogen-bond acceptors (Lipinski definition) is 15. The van der Waals surface area contributed by atoms with Gasteiger partial charge in [-0.1, -0.05) is 337 Å². The highest BCUT2D eigenvalue weighted by Gasteiger charge is 2.30. The molecule has 19 heteroatoms. The van der Waals surface area contributed by atoms with E-state index in [1.54, 1.807) is 0 Å². The van der Waals surface area contributed by atoms with Gasteiger partial charge in [0.25, 0.3) is 0 Å². The van der Waals surface area contributed by atoms with Gasteiger partial charge in [0.1, 0.15) is 19.3 Å². The molecule has 0 amide bonds. The molecule has 3 unspecified atom stereocenters. The van der Waals surface area contributed by atoms with Gasteiger partial charge in [-0.3, -0.25) is 37.3 Å². The lowest BCUT2D eigenvalue weighted by Gasteiger charge is -2.21. The monoisotopic (exact) mass is 1400 g/mol. The van der Waals surface area contributed by atoms with Crippen LogP contribution in [0.3, 0.4) is 0 Å². The first kappa shape index (κ1) is 93.1. The van der Waals surface area contributed by atoms with Crippen molar-refractivity contribution in [3.63, 3.8) is 0 Å². The summed E-state index contributed by atoms with van der Waals surface area (Å²) in [5, 5.41) is 10.6. The molecule has 0 aromatic rings. The number of phosphoric acid groups is 2. The largest absolute Gasteiger partial charge is 0.472 e. The molecule has 6 atom stereocenters. The minimum atomic E-state index is -4.96. The first-order chi connectivity index (χ1) is 45.8. The highest BCUT2D eigenvalue weighted by molar-refractivity contribution is 7.47. The molecule has 0 aliphatic rings. The van der Waals surface area contributed by atoms with Crippen LogP contribution < -0.4 is 0 Å². The molecule has 0 saturated heterocycles. The van der Waals surface area contributed by atoms with Crippen LogP contribution in [0.2, 0.25) is 0 Å². The number of unbranched alkanes of at least 4 members (excludes halogenated alkanes) is 41. The van der Waals surface area contributed by atoms with Crippen LogP contribution in [-0.2, 0) is 65.4 Å². The van der Waals surface area contributed by atoms with Gasteiger partial charge in [0, 0.05) is 25.7 Å². The Morgan fingerprint density at radius 1 is 0.305 bits per heavy atom. The molecule has 564 valence electrons. The van der Waals surface area contributed by atoms with E-state index in [2.05, 4.69) is 48.5 Å². The van der Waals surface area contributed by atoms with Crippen LogP contribution in [0.1, 0.15) is 389 Å². The fraction of sp³-hybridized carbons (Fsp3) is 0.947. The van der Waals surface area contributed by atoms with Crippen LogP contribution in [0, 0.1) is 17.8 Å². The van der Waals surface area contributed by atoms with Crippen LogP contribution in [0.5, 0.6) is 0 Å². The molecule has 0 saturated carbocycles. The zero-order valence-corrected chi connectivity index (χ0v) is 63.9. The number of hydrogen-bond donors (Lipinski definition) is 3. The average Bonchev–Trinajstić information content (AvgIpc) is 1.93. The molecule has 0 aliphatic carbocycles. The first-order valence-corrected chi connectivity index (χ1v) is 42.4. The zero-order valence-electron chi connectivity index (χ0n) is 62.1. The summed E-state index contributed by atoms with van der Waals surface area (Å²) in [4.78, 5) is 72.6. The molecule has 3 N–H and O–H groups in total. The highest BCUT2D eigenvalue weighted by atomic mass is 31.2. The zero-order chi connectivity index (χ0) is 70.1. The Morgan fingerprint density at radius 2 is 0.537 bits per heavy atom. The Labute approximate surface area is 581 Å². The van der Waals surface area contributed by atoms with Crippen LogP contribution in [0.4, 0.5) is 0 Å². The summed E-state index contributed by atoms with van der Waals surface area (Å²) in [6, 6.07) is 0. The summed E-state index contributed by atoms with van der Waals surface area (Å²) in [6.45, 7) is 11.9. The molecule has 0 aliphatic heterocycles. The van der Waals surface area contributed by atoms with Crippen molar-refractivity contribution in [1.82, 2.24) is 0 Å². The lowest BCUT2D eigenvalue weighted by Crippen LogP contribution is -2.30. The molecule has 0 rings (SSSR count). The van der Waals surface area contributed by atoms with E-state index in [1.165, 1.54) is 186 Å². The molecule has 0 spiro atoms. The summed E-state index contributed by atoms with van der Waals surface area (Å²) in [5.74, 6) is 0.258. The van der Waals surface area contributed by atoms with Crippen molar-refractivity contribution >= 4 is 39.5 Å². The van der Waals surface area contributed by atoms with Crippen LogP contribution in [-0.4, -0.2) is 96.7 Å². The van der Waals surface area contributed by atoms with Crippen molar-refractivity contribution in [2.45, 2.75) is 407 Å². The number of phosphoric ester groups is 2. The fourth-order valence-electron chi connectivity index (χ4n) is 11.6. The molecule has 0 aromatic carbocycles. The maximum atomic E-state index is 13.1. The third-order valence-electron chi connectivity index (χ3n) is 18.0. The van der Waals surface area contributed by atoms with Gasteiger partial charge in [0.15, 0.2) is 12.2 Å². The quantitative estimate of drug-likeness (QED) is 0.0222. The van der Waals surface area contributed by atoms with Crippen molar-refractivity contribution in [3.8, 4) is 0 Å². The normalized spacial score (nSPS) is 14.4. The van der Waals surface area contributed by atoms with Gasteiger partial charge in [-0.05, 0) is 43.4 Å². The summed E-state index contributed by atoms with van der Waals surface area (Å²) >= 11 is 0. The topological polar surface area (TPSA) is 237 Å². The van der Waals surface area contributed by atoms with Crippen LogP contribution in [0.15, 0.2) is 0 Å². The second kappa shape index (κ2) is 66.6. The number of aliphatic hydroxyl groups is 1. The lowest BCUT2D eigenvalue weighted by atomic mass is 9.99. The summed E-state index contributed by atoms with van der Waals surface area (Å²) in [7, 11) is -9.91. The second-order valence-corrected chi connectivity index (χ2v) is 31.5. The van der Waals surface area contributed by atoms with Crippen LogP contribution >= 0.6 is 15.6 Å². The van der Waals surface area contributed by atoms with E-state index in [-0.39, 0.29) is 25.7 Å². The number of rotatable bonds is 74. The van der Waals surface area contributed by atoms with Gasteiger partial charge in [0.2, 0.25) is 0 Å².